The molecule has 2 atom stereocenters. The summed E-state index contributed by atoms with van der Waals surface area (Å²) >= 11 is 6.10. The number of hydrogen-bond acceptors (Lipinski definition) is 1. The molecule has 20 heavy (non-hydrogen) atoms. The SMILES string of the molecule is CNC(Cc1cccc(F)c1Cl)C1CCCCC1(C)C. The van der Waals surface area contributed by atoms with E-state index in [9.17, 15) is 4.39 Å². The normalized spacial score (nSPS) is 23.6. The Bertz CT molecular complexity index is 458. The summed E-state index contributed by atoms with van der Waals surface area (Å²) in [6, 6.07) is 5.45. The summed E-state index contributed by atoms with van der Waals surface area (Å²) in [6.07, 6.45) is 5.92. The lowest BCUT2D eigenvalue weighted by Gasteiger charge is -2.43. The third-order valence-corrected chi connectivity index (χ3v) is 5.34. The maximum absolute atomic E-state index is 13.6. The molecule has 0 bridgehead atoms. The van der Waals surface area contributed by atoms with Crippen molar-refractivity contribution in [2.75, 3.05) is 7.05 Å². The van der Waals surface area contributed by atoms with E-state index in [1.807, 2.05) is 13.1 Å². The number of likely N-dealkylation sites (N-methyl/N-ethyl adjacent to an activating group) is 1. The number of halogens is 2. The van der Waals surface area contributed by atoms with E-state index >= 15 is 0 Å². The lowest BCUT2D eigenvalue weighted by atomic mass is 9.65. The van der Waals surface area contributed by atoms with Crippen molar-refractivity contribution in [3.63, 3.8) is 0 Å². The van der Waals surface area contributed by atoms with Gasteiger partial charge in [-0.1, -0.05) is 50.4 Å². The maximum atomic E-state index is 13.6. The van der Waals surface area contributed by atoms with Crippen LogP contribution in [0.3, 0.4) is 0 Å². The first-order valence-electron chi connectivity index (χ1n) is 7.56. The zero-order valence-corrected chi connectivity index (χ0v) is 13.4. The Morgan fingerprint density at radius 2 is 2.15 bits per heavy atom. The smallest absolute Gasteiger partial charge is 0.142 e. The van der Waals surface area contributed by atoms with Gasteiger partial charge in [-0.3, -0.25) is 0 Å². The van der Waals surface area contributed by atoms with Crippen LogP contribution in [0.5, 0.6) is 0 Å². The van der Waals surface area contributed by atoms with Gasteiger partial charge in [0.05, 0.1) is 5.02 Å². The van der Waals surface area contributed by atoms with Crippen molar-refractivity contribution in [1.82, 2.24) is 5.32 Å². The molecule has 0 aliphatic heterocycles. The monoisotopic (exact) mass is 297 g/mol. The topological polar surface area (TPSA) is 12.0 Å². The van der Waals surface area contributed by atoms with Gasteiger partial charge in [-0.15, -0.1) is 0 Å². The molecule has 0 heterocycles. The Balaban J connectivity index is 2.18. The first-order chi connectivity index (χ1) is 9.45. The molecule has 1 saturated carbocycles. The second kappa shape index (κ2) is 6.44. The van der Waals surface area contributed by atoms with Crippen LogP contribution in [0.4, 0.5) is 4.39 Å². The van der Waals surface area contributed by atoms with Crippen molar-refractivity contribution in [2.24, 2.45) is 11.3 Å². The van der Waals surface area contributed by atoms with Crippen molar-refractivity contribution < 1.29 is 4.39 Å². The summed E-state index contributed by atoms with van der Waals surface area (Å²) < 4.78 is 13.6. The molecule has 112 valence electrons. The number of rotatable bonds is 4. The van der Waals surface area contributed by atoms with Crippen LogP contribution in [-0.4, -0.2) is 13.1 Å². The highest BCUT2D eigenvalue weighted by atomic mass is 35.5. The van der Waals surface area contributed by atoms with Gasteiger partial charge in [0.1, 0.15) is 5.82 Å². The first-order valence-corrected chi connectivity index (χ1v) is 7.93. The zero-order valence-electron chi connectivity index (χ0n) is 12.7. The summed E-state index contributed by atoms with van der Waals surface area (Å²) in [6.45, 7) is 4.71. The van der Waals surface area contributed by atoms with E-state index < -0.39 is 0 Å². The molecule has 1 aliphatic rings. The minimum Gasteiger partial charge on any atom is -0.316 e. The van der Waals surface area contributed by atoms with Gasteiger partial charge in [0, 0.05) is 6.04 Å². The van der Waals surface area contributed by atoms with Gasteiger partial charge in [0.2, 0.25) is 0 Å². The Labute approximate surface area is 126 Å². The second-order valence-electron chi connectivity index (χ2n) is 6.65. The molecular formula is C17H25ClFN. The van der Waals surface area contributed by atoms with Gasteiger partial charge in [-0.25, -0.2) is 4.39 Å². The van der Waals surface area contributed by atoms with Crippen molar-refractivity contribution >= 4 is 11.6 Å². The molecule has 2 unspecified atom stereocenters. The van der Waals surface area contributed by atoms with Gasteiger partial charge in [-0.2, -0.15) is 0 Å². The first kappa shape index (κ1) is 15.8. The highest BCUT2D eigenvalue weighted by Gasteiger charge is 2.37. The number of hydrogen-bond donors (Lipinski definition) is 1. The minimum absolute atomic E-state index is 0.279. The van der Waals surface area contributed by atoms with E-state index in [1.54, 1.807) is 6.07 Å². The molecule has 2 rings (SSSR count). The molecule has 1 nitrogen and oxygen atoms in total. The second-order valence-corrected chi connectivity index (χ2v) is 7.03. The van der Waals surface area contributed by atoms with E-state index in [4.69, 9.17) is 11.6 Å². The average molecular weight is 298 g/mol. The molecule has 0 radical (unpaired) electrons. The van der Waals surface area contributed by atoms with Crippen LogP contribution in [0.2, 0.25) is 5.02 Å². The quantitative estimate of drug-likeness (QED) is 0.839. The summed E-state index contributed by atoms with van der Waals surface area (Å²) in [4.78, 5) is 0. The molecule has 1 aliphatic carbocycles. The van der Waals surface area contributed by atoms with Crippen molar-refractivity contribution in [2.45, 2.75) is 52.0 Å². The maximum Gasteiger partial charge on any atom is 0.142 e. The van der Waals surface area contributed by atoms with Crippen LogP contribution in [0.1, 0.15) is 45.1 Å². The average Bonchev–Trinajstić information content (AvgIpc) is 2.41. The van der Waals surface area contributed by atoms with E-state index in [1.165, 1.54) is 31.7 Å². The molecule has 1 fully saturated rings. The fourth-order valence-electron chi connectivity index (χ4n) is 3.66. The fourth-order valence-corrected chi connectivity index (χ4v) is 3.86. The minimum atomic E-state index is -0.318. The van der Waals surface area contributed by atoms with Gasteiger partial charge in [-0.05, 0) is 49.3 Å². The molecule has 0 saturated heterocycles. The third kappa shape index (κ3) is 3.35. The summed E-state index contributed by atoms with van der Waals surface area (Å²) in [7, 11) is 2.00. The van der Waals surface area contributed by atoms with Gasteiger partial charge in [0.25, 0.3) is 0 Å². The van der Waals surface area contributed by atoms with Crippen molar-refractivity contribution in [1.29, 1.82) is 0 Å². The van der Waals surface area contributed by atoms with Gasteiger partial charge >= 0.3 is 0 Å². The van der Waals surface area contributed by atoms with E-state index in [2.05, 4.69) is 19.2 Å². The van der Waals surface area contributed by atoms with Crippen LogP contribution >= 0.6 is 11.6 Å². The predicted octanol–water partition coefficient (Wildman–Crippen LogP) is 4.83. The van der Waals surface area contributed by atoms with Gasteiger partial charge in [0.15, 0.2) is 0 Å². The highest BCUT2D eigenvalue weighted by molar-refractivity contribution is 6.31. The van der Waals surface area contributed by atoms with E-state index in [-0.39, 0.29) is 10.8 Å². The van der Waals surface area contributed by atoms with Crippen LogP contribution in [0.15, 0.2) is 18.2 Å². The van der Waals surface area contributed by atoms with Crippen molar-refractivity contribution in [3.8, 4) is 0 Å². The molecule has 3 heteroatoms. The molecule has 1 N–H and O–H groups in total. The van der Waals surface area contributed by atoms with Crippen LogP contribution in [-0.2, 0) is 6.42 Å². The number of nitrogens with one attached hydrogen (secondary N) is 1. The van der Waals surface area contributed by atoms with E-state index in [0.29, 0.717) is 17.4 Å². The summed E-state index contributed by atoms with van der Waals surface area (Å²) in [5, 5.41) is 3.72. The lowest BCUT2D eigenvalue weighted by Crippen LogP contribution is -2.44. The molecule has 1 aromatic carbocycles. The Morgan fingerprint density at radius 1 is 1.40 bits per heavy atom. The number of benzene rings is 1. The fraction of sp³-hybridized carbons (Fsp3) is 0.647. The Morgan fingerprint density at radius 3 is 2.80 bits per heavy atom. The highest BCUT2D eigenvalue weighted by Crippen LogP contribution is 2.43. The summed E-state index contributed by atoms with van der Waals surface area (Å²) in [5.41, 5.74) is 1.25. The third-order valence-electron chi connectivity index (χ3n) is 4.92. The summed E-state index contributed by atoms with van der Waals surface area (Å²) in [5.74, 6) is 0.294. The largest absolute Gasteiger partial charge is 0.316 e. The molecule has 0 aromatic heterocycles. The predicted molar refractivity (Wildman–Crippen MR) is 83.7 cm³/mol. The Hall–Kier alpha value is -0.600. The molecule has 1 aromatic rings. The van der Waals surface area contributed by atoms with Crippen LogP contribution < -0.4 is 5.32 Å². The lowest BCUT2D eigenvalue weighted by molar-refractivity contribution is 0.101. The zero-order chi connectivity index (χ0) is 14.8. The molecule has 0 spiro atoms. The van der Waals surface area contributed by atoms with E-state index in [0.717, 1.165) is 12.0 Å². The van der Waals surface area contributed by atoms with Crippen LogP contribution in [0.25, 0.3) is 0 Å². The Kier molecular flexibility index (Phi) is 5.09. The van der Waals surface area contributed by atoms with Gasteiger partial charge < -0.3 is 5.32 Å². The van der Waals surface area contributed by atoms with Crippen molar-refractivity contribution in [3.05, 3.63) is 34.6 Å². The standard InChI is InChI=1S/C17H25ClFN/c1-17(2)10-5-4-8-13(17)15(20-3)11-12-7-6-9-14(19)16(12)18/h6-7,9,13,15,20H,4-5,8,10-11H2,1-3H3. The molecule has 0 amide bonds. The molecular weight excluding hydrogens is 273 g/mol. The van der Waals surface area contributed by atoms with Crippen LogP contribution in [0, 0.1) is 17.2 Å².